The van der Waals surface area contributed by atoms with Crippen LogP contribution in [-0.2, 0) is 14.3 Å². The molecule has 0 unspecified atom stereocenters. The summed E-state index contributed by atoms with van der Waals surface area (Å²) in [6.45, 7) is 9.42. The summed E-state index contributed by atoms with van der Waals surface area (Å²) in [5.74, 6) is -0.581. The Morgan fingerprint density at radius 2 is 1.61 bits per heavy atom. The van der Waals surface area contributed by atoms with Gasteiger partial charge in [-0.25, -0.2) is 9.59 Å². The topological polar surface area (TPSA) is 90.9 Å². The molecule has 2 rings (SSSR count). The first-order chi connectivity index (χ1) is 14.8. The Hall–Kier alpha value is -2.87. The zero-order valence-electron chi connectivity index (χ0n) is 18.6. The molecule has 1 N–H and O–H groups in total. The lowest BCUT2D eigenvalue weighted by Gasteiger charge is -2.11. The number of benzene rings is 1. The van der Waals surface area contributed by atoms with Crippen LogP contribution in [0.25, 0.3) is 0 Å². The van der Waals surface area contributed by atoms with Crippen LogP contribution in [-0.4, -0.2) is 37.7 Å². The van der Waals surface area contributed by atoms with E-state index in [1.165, 1.54) is 5.56 Å². The molecule has 8 heteroatoms. The molecule has 0 saturated carbocycles. The van der Waals surface area contributed by atoms with Gasteiger partial charge in [-0.15, -0.1) is 11.3 Å². The summed E-state index contributed by atoms with van der Waals surface area (Å²) in [6, 6.07) is 7.61. The third-order valence-corrected chi connectivity index (χ3v) is 5.96. The SMILES string of the molecule is CCOC(=O)c1sc(NC(=O)COc2ccc([C@H](C)CC)cc2)c(C(=O)OCC)c1C. The average Bonchev–Trinajstić information content (AvgIpc) is 3.08. The lowest BCUT2D eigenvalue weighted by atomic mass is 9.99. The summed E-state index contributed by atoms with van der Waals surface area (Å²) in [6.07, 6.45) is 1.04. The predicted molar refractivity (Wildman–Crippen MR) is 120 cm³/mol. The van der Waals surface area contributed by atoms with Gasteiger partial charge in [0, 0.05) is 0 Å². The maximum atomic E-state index is 12.5. The Bertz CT molecular complexity index is 919. The number of thiophene rings is 1. The number of ether oxygens (including phenoxy) is 3. The minimum atomic E-state index is -0.608. The Labute approximate surface area is 186 Å². The van der Waals surface area contributed by atoms with Crippen LogP contribution in [0, 0.1) is 6.92 Å². The molecule has 0 bridgehead atoms. The molecular formula is C23H29NO6S. The van der Waals surface area contributed by atoms with Crippen LogP contribution in [0.3, 0.4) is 0 Å². The number of anilines is 1. The Morgan fingerprint density at radius 3 is 2.19 bits per heavy atom. The number of amides is 1. The molecule has 1 atom stereocenters. The van der Waals surface area contributed by atoms with Gasteiger partial charge in [0.15, 0.2) is 6.61 Å². The van der Waals surface area contributed by atoms with Gasteiger partial charge in [0.25, 0.3) is 5.91 Å². The first-order valence-corrected chi connectivity index (χ1v) is 11.1. The van der Waals surface area contributed by atoms with Crippen molar-refractivity contribution in [1.82, 2.24) is 0 Å². The van der Waals surface area contributed by atoms with Crippen LogP contribution in [0.5, 0.6) is 5.75 Å². The Morgan fingerprint density at radius 1 is 1.00 bits per heavy atom. The van der Waals surface area contributed by atoms with Crippen molar-refractivity contribution < 1.29 is 28.6 Å². The van der Waals surface area contributed by atoms with Crippen molar-refractivity contribution in [2.24, 2.45) is 0 Å². The van der Waals surface area contributed by atoms with Crippen molar-refractivity contribution in [3.05, 3.63) is 45.8 Å². The van der Waals surface area contributed by atoms with E-state index in [1.54, 1.807) is 20.8 Å². The monoisotopic (exact) mass is 447 g/mol. The van der Waals surface area contributed by atoms with Crippen molar-refractivity contribution in [2.45, 2.75) is 47.0 Å². The lowest BCUT2D eigenvalue weighted by molar-refractivity contribution is -0.118. The second-order valence-corrected chi connectivity index (χ2v) is 7.94. The maximum Gasteiger partial charge on any atom is 0.348 e. The normalized spacial score (nSPS) is 11.5. The van der Waals surface area contributed by atoms with Crippen LogP contribution in [0.4, 0.5) is 5.00 Å². The van der Waals surface area contributed by atoms with Gasteiger partial charge >= 0.3 is 11.9 Å². The van der Waals surface area contributed by atoms with Crippen molar-refractivity contribution >= 4 is 34.2 Å². The van der Waals surface area contributed by atoms with Crippen LogP contribution in [0.2, 0.25) is 0 Å². The van der Waals surface area contributed by atoms with Crippen molar-refractivity contribution in [3.8, 4) is 5.75 Å². The summed E-state index contributed by atoms with van der Waals surface area (Å²) in [4.78, 5) is 37.3. The zero-order chi connectivity index (χ0) is 23.0. The van der Waals surface area contributed by atoms with E-state index in [-0.39, 0.29) is 35.3 Å². The minimum absolute atomic E-state index is 0.154. The molecule has 1 aromatic carbocycles. The van der Waals surface area contributed by atoms with Gasteiger partial charge in [-0.05, 0) is 56.4 Å². The van der Waals surface area contributed by atoms with Crippen LogP contribution < -0.4 is 10.1 Å². The molecule has 0 saturated heterocycles. The average molecular weight is 448 g/mol. The highest BCUT2D eigenvalue weighted by atomic mass is 32.1. The lowest BCUT2D eigenvalue weighted by Crippen LogP contribution is -2.21. The van der Waals surface area contributed by atoms with E-state index in [4.69, 9.17) is 14.2 Å². The minimum Gasteiger partial charge on any atom is -0.484 e. The van der Waals surface area contributed by atoms with E-state index in [0.29, 0.717) is 17.2 Å². The molecule has 7 nitrogen and oxygen atoms in total. The Kier molecular flexibility index (Phi) is 9.05. The fourth-order valence-corrected chi connectivity index (χ4v) is 3.99. The zero-order valence-corrected chi connectivity index (χ0v) is 19.4. The third-order valence-electron chi connectivity index (χ3n) is 4.77. The molecule has 1 heterocycles. The molecule has 0 aliphatic carbocycles. The van der Waals surface area contributed by atoms with Gasteiger partial charge < -0.3 is 19.5 Å². The molecule has 0 aliphatic heterocycles. The second-order valence-electron chi connectivity index (χ2n) is 6.92. The number of rotatable bonds is 10. The van der Waals surface area contributed by atoms with Crippen molar-refractivity contribution in [2.75, 3.05) is 25.1 Å². The molecule has 1 amide bonds. The molecule has 31 heavy (non-hydrogen) atoms. The van der Waals surface area contributed by atoms with Gasteiger partial charge in [-0.3, -0.25) is 4.79 Å². The molecular weight excluding hydrogens is 418 g/mol. The number of hydrogen-bond donors (Lipinski definition) is 1. The third kappa shape index (κ3) is 6.30. The molecule has 0 aliphatic rings. The summed E-state index contributed by atoms with van der Waals surface area (Å²) in [7, 11) is 0. The summed E-state index contributed by atoms with van der Waals surface area (Å²) < 4.78 is 15.7. The molecule has 168 valence electrons. The largest absolute Gasteiger partial charge is 0.484 e. The molecule has 2 aromatic rings. The highest BCUT2D eigenvalue weighted by molar-refractivity contribution is 7.18. The summed E-state index contributed by atoms with van der Waals surface area (Å²) >= 11 is 0.983. The first kappa shape index (κ1) is 24.4. The van der Waals surface area contributed by atoms with Gasteiger partial charge in [-0.1, -0.05) is 26.0 Å². The van der Waals surface area contributed by atoms with E-state index >= 15 is 0 Å². The molecule has 1 aromatic heterocycles. The maximum absolute atomic E-state index is 12.5. The number of hydrogen-bond acceptors (Lipinski definition) is 7. The van der Waals surface area contributed by atoms with Crippen LogP contribution >= 0.6 is 11.3 Å². The number of carbonyl (C=O) groups is 3. The van der Waals surface area contributed by atoms with Crippen molar-refractivity contribution in [3.63, 3.8) is 0 Å². The first-order valence-electron chi connectivity index (χ1n) is 10.3. The van der Waals surface area contributed by atoms with Gasteiger partial charge in [-0.2, -0.15) is 0 Å². The summed E-state index contributed by atoms with van der Waals surface area (Å²) in [5, 5.41) is 2.90. The number of nitrogens with one attached hydrogen (secondary N) is 1. The van der Waals surface area contributed by atoms with Crippen LogP contribution in [0.15, 0.2) is 24.3 Å². The van der Waals surface area contributed by atoms with Gasteiger partial charge in [0.1, 0.15) is 15.6 Å². The standard InChI is InChI=1S/C23H29NO6S/c1-6-14(4)16-9-11-17(12-10-16)30-13-18(25)24-21-19(22(26)28-7-2)15(5)20(31-21)23(27)29-8-3/h9-12,14H,6-8,13H2,1-5H3,(H,24,25)/t14-/m1/s1. The van der Waals surface area contributed by atoms with Gasteiger partial charge in [0.05, 0.1) is 18.8 Å². The van der Waals surface area contributed by atoms with Gasteiger partial charge in [0.2, 0.25) is 0 Å². The number of carbonyl (C=O) groups excluding carboxylic acids is 3. The number of esters is 2. The van der Waals surface area contributed by atoms with Crippen molar-refractivity contribution in [1.29, 1.82) is 0 Å². The highest BCUT2D eigenvalue weighted by Crippen LogP contribution is 2.34. The smallest absolute Gasteiger partial charge is 0.348 e. The predicted octanol–water partition coefficient (Wildman–Crippen LogP) is 4.94. The molecule has 0 spiro atoms. The Balaban J connectivity index is 2.12. The fourth-order valence-electron chi connectivity index (χ4n) is 2.88. The van der Waals surface area contributed by atoms with E-state index in [0.717, 1.165) is 17.8 Å². The van der Waals surface area contributed by atoms with Crippen LogP contribution in [0.1, 0.15) is 71.2 Å². The van der Waals surface area contributed by atoms with E-state index in [9.17, 15) is 14.4 Å². The van der Waals surface area contributed by atoms with E-state index in [1.807, 2.05) is 24.3 Å². The highest BCUT2D eigenvalue weighted by Gasteiger charge is 2.27. The molecule has 0 fully saturated rings. The summed E-state index contributed by atoms with van der Waals surface area (Å²) in [5.41, 5.74) is 1.78. The quantitative estimate of drug-likeness (QED) is 0.519. The van der Waals surface area contributed by atoms with E-state index in [2.05, 4.69) is 19.2 Å². The molecule has 0 radical (unpaired) electrons. The van der Waals surface area contributed by atoms with E-state index < -0.39 is 17.8 Å². The second kappa shape index (κ2) is 11.5. The fraction of sp³-hybridized carbons (Fsp3) is 0.435.